The minimum absolute atomic E-state index is 0.269. The molecule has 0 spiro atoms. The summed E-state index contributed by atoms with van der Waals surface area (Å²) in [4.78, 5) is 0. The number of nitrogens with two attached hydrogens (primary N) is 1. The van der Waals surface area contributed by atoms with Gasteiger partial charge in [0.1, 0.15) is 0 Å². The van der Waals surface area contributed by atoms with Gasteiger partial charge in [-0.15, -0.1) is 0 Å². The van der Waals surface area contributed by atoms with Gasteiger partial charge in [0.25, 0.3) is 0 Å². The molecule has 92 valence electrons. The Bertz CT molecular complexity index is 293. The van der Waals surface area contributed by atoms with Crippen molar-refractivity contribution in [3.05, 3.63) is 11.8 Å². The highest BCUT2D eigenvalue weighted by Crippen LogP contribution is 2.70. The molecule has 0 bridgehead atoms. The van der Waals surface area contributed by atoms with Crippen LogP contribution in [0.5, 0.6) is 0 Å². The number of nitrogens with one attached hydrogen (secondary N) is 1. The van der Waals surface area contributed by atoms with E-state index in [9.17, 15) is 0 Å². The van der Waals surface area contributed by atoms with E-state index in [0.29, 0.717) is 16.7 Å². The van der Waals surface area contributed by atoms with Crippen molar-refractivity contribution < 1.29 is 4.74 Å². The van der Waals surface area contributed by atoms with Crippen molar-refractivity contribution in [3.63, 3.8) is 0 Å². The van der Waals surface area contributed by atoms with Crippen LogP contribution in [0.25, 0.3) is 0 Å². The molecule has 1 aliphatic heterocycles. The van der Waals surface area contributed by atoms with Gasteiger partial charge in [0.15, 0.2) is 0 Å². The average Bonchev–Trinajstić information content (AvgIpc) is 2.64. The first-order valence-electron chi connectivity index (χ1n) is 6.19. The number of hydrogen-bond donors (Lipinski definition) is 2. The molecular formula is C13H24N2O. The third kappa shape index (κ3) is 1.57. The molecule has 0 radical (unpaired) electrons. The minimum Gasteiger partial charge on any atom is -0.501 e. The zero-order chi connectivity index (χ0) is 12.0. The Morgan fingerprint density at radius 1 is 1.38 bits per heavy atom. The molecule has 1 atom stereocenters. The maximum absolute atomic E-state index is 5.74. The van der Waals surface area contributed by atoms with Crippen LogP contribution in [0.4, 0.5) is 0 Å². The van der Waals surface area contributed by atoms with E-state index in [1.165, 1.54) is 5.57 Å². The number of hydrogen-bond acceptors (Lipinski definition) is 3. The van der Waals surface area contributed by atoms with E-state index in [1.54, 1.807) is 0 Å². The quantitative estimate of drug-likeness (QED) is 0.570. The lowest BCUT2D eigenvalue weighted by Gasteiger charge is -2.24. The molecule has 2 rings (SSSR count). The molecule has 3 N–H and O–H groups in total. The average molecular weight is 224 g/mol. The molecule has 3 heteroatoms. The summed E-state index contributed by atoms with van der Waals surface area (Å²) in [6.07, 6.45) is 4.13. The molecule has 1 aliphatic carbocycles. The molecular weight excluding hydrogens is 200 g/mol. The van der Waals surface area contributed by atoms with Gasteiger partial charge in [-0.05, 0) is 35.2 Å². The van der Waals surface area contributed by atoms with E-state index in [0.717, 1.165) is 19.4 Å². The fourth-order valence-electron chi connectivity index (χ4n) is 3.31. The molecule has 3 nitrogen and oxygen atoms in total. The normalized spacial score (nSPS) is 29.2. The van der Waals surface area contributed by atoms with Crippen molar-refractivity contribution in [1.29, 1.82) is 0 Å². The molecule has 0 aromatic heterocycles. The third-order valence-electron chi connectivity index (χ3n) is 5.01. The molecule has 1 unspecified atom stereocenters. The van der Waals surface area contributed by atoms with Crippen molar-refractivity contribution >= 4 is 0 Å². The van der Waals surface area contributed by atoms with Crippen LogP contribution in [0.2, 0.25) is 0 Å². The van der Waals surface area contributed by atoms with Gasteiger partial charge in [-0.2, -0.15) is 0 Å². The summed E-state index contributed by atoms with van der Waals surface area (Å²) in [5.41, 5.74) is 5.03. The summed E-state index contributed by atoms with van der Waals surface area (Å²) < 4.78 is 5.42. The molecule has 0 saturated heterocycles. The first-order valence-corrected chi connectivity index (χ1v) is 6.19. The van der Waals surface area contributed by atoms with Crippen LogP contribution in [0.1, 0.15) is 40.5 Å². The van der Waals surface area contributed by atoms with Gasteiger partial charge >= 0.3 is 0 Å². The standard InChI is InChI=1S/C13H24N2O/c1-12(2)11(13(12,3)4)10(15-14)9-6-5-7-16-8-9/h8,10-11,15H,5-7,14H2,1-4H3. The second-order valence-electron chi connectivity index (χ2n) is 6.23. The fraction of sp³-hybridized carbons (Fsp3) is 0.846. The van der Waals surface area contributed by atoms with Crippen LogP contribution in [-0.2, 0) is 4.74 Å². The van der Waals surface area contributed by atoms with Crippen LogP contribution < -0.4 is 11.3 Å². The van der Waals surface area contributed by atoms with E-state index in [1.807, 2.05) is 6.26 Å². The predicted octanol–water partition coefficient (Wildman–Crippen LogP) is 2.19. The smallest absolute Gasteiger partial charge is 0.0876 e. The van der Waals surface area contributed by atoms with Crippen molar-refractivity contribution in [2.45, 2.75) is 46.6 Å². The lowest BCUT2D eigenvalue weighted by molar-refractivity contribution is 0.216. The maximum atomic E-state index is 5.74. The molecule has 0 aromatic carbocycles. The lowest BCUT2D eigenvalue weighted by Crippen LogP contribution is -2.40. The van der Waals surface area contributed by atoms with Gasteiger partial charge in [0.2, 0.25) is 0 Å². The predicted molar refractivity (Wildman–Crippen MR) is 65.4 cm³/mol. The number of ether oxygens (including phenoxy) is 1. The van der Waals surface area contributed by atoms with E-state index >= 15 is 0 Å². The molecule has 1 fully saturated rings. The van der Waals surface area contributed by atoms with Crippen LogP contribution in [0.3, 0.4) is 0 Å². The summed E-state index contributed by atoms with van der Waals surface area (Å²) in [6.45, 7) is 10.1. The van der Waals surface area contributed by atoms with Crippen molar-refractivity contribution in [3.8, 4) is 0 Å². The Balaban J connectivity index is 2.16. The fourth-order valence-corrected chi connectivity index (χ4v) is 3.31. The van der Waals surface area contributed by atoms with Gasteiger partial charge < -0.3 is 4.74 Å². The van der Waals surface area contributed by atoms with Crippen molar-refractivity contribution in [1.82, 2.24) is 5.43 Å². The molecule has 2 aliphatic rings. The van der Waals surface area contributed by atoms with Crippen LogP contribution in [0.15, 0.2) is 11.8 Å². The second kappa shape index (κ2) is 3.74. The Labute approximate surface area is 98.4 Å². The first-order chi connectivity index (χ1) is 7.43. The van der Waals surface area contributed by atoms with Gasteiger partial charge in [0, 0.05) is 6.04 Å². The van der Waals surface area contributed by atoms with Crippen LogP contribution in [0, 0.1) is 16.7 Å². The van der Waals surface area contributed by atoms with Gasteiger partial charge in [-0.25, -0.2) is 0 Å². The molecule has 1 saturated carbocycles. The van der Waals surface area contributed by atoms with E-state index in [2.05, 4.69) is 33.1 Å². The Hall–Kier alpha value is -0.540. The molecule has 0 aromatic rings. The summed E-state index contributed by atoms with van der Waals surface area (Å²) in [5.74, 6) is 6.34. The molecule has 1 heterocycles. The topological polar surface area (TPSA) is 47.3 Å². The Morgan fingerprint density at radius 3 is 2.38 bits per heavy atom. The molecule has 16 heavy (non-hydrogen) atoms. The van der Waals surface area contributed by atoms with E-state index < -0.39 is 0 Å². The Kier molecular flexibility index (Phi) is 2.79. The summed E-state index contributed by atoms with van der Waals surface area (Å²) in [7, 11) is 0. The molecule has 0 amide bonds. The SMILES string of the molecule is CC1(C)C(C(NN)C2=COCCC2)C1(C)C. The summed E-state index contributed by atoms with van der Waals surface area (Å²) in [6, 6.07) is 0.269. The highest BCUT2D eigenvalue weighted by Gasteiger charge is 2.67. The van der Waals surface area contributed by atoms with Crippen LogP contribution in [-0.4, -0.2) is 12.6 Å². The highest BCUT2D eigenvalue weighted by atomic mass is 16.5. The van der Waals surface area contributed by atoms with Crippen molar-refractivity contribution in [2.75, 3.05) is 6.61 Å². The monoisotopic (exact) mass is 224 g/mol. The van der Waals surface area contributed by atoms with Gasteiger partial charge in [-0.1, -0.05) is 27.7 Å². The van der Waals surface area contributed by atoms with E-state index in [-0.39, 0.29) is 6.04 Å². The largest absolute Gasteiger partial charge is 0.501 e. The first kappa shape index (κ1) is 11.9. The Morgan fingerprint density at radius 2 is 2.00 bits per heavy atom. The highest BCUT2D eigenvalue weighted by molar-refractivity contribution is 5.25. The second-order valence-corrected chi connectivity index (χ2v) is 6.23. The number of hydrazine groups is 1. The van der Waals surface area contributed by atoms with Gasteiger partial charge in [-0.3, -0.25) is 11.3 Å². The zero-order valence-electron chi connectivity index (χ0n) is 10.8. The zero-order valence-corrected chi connectivity index (χ0v) is 10.8. The van der Waals surface area contributed by atoms with Crippen molar-refractivity contribution in [2.24, 2.45) is 22.6 Å². The van der Waals surface area contributed by atoms with E-state index in [4.69, 9.17) is 10.6 Å². The summed E-state index contributed by atoms with van der Waals surface area (Å²) >= 11 is 0. The van der Waals surface area contributed by atoms with Gasteiger partial charge in [0.05, 0.1) is 12.9 Å². The summed E-state index contributed by atoms with van der Waals surface area (Å²) in [5, 5.41) is 0. The number of rotatable bonds is 3. The lowest BCUT2D eigenvalue weighted by atomic mass is 9.94. The minimum atomic E-state index is 0.269. The maximum Gasteiger partial charge on any atom is 0.0876 e. The van der Waals surface area contributed by atoms with Crippen LogP contribution >= 0.6 is 0 Å². The third-order valence-corrected chi connectivity index (χ3v) is 5.01.